The van der Waals surface area contributed by atoms with E-state index in [0.717, 1.165) is 3.57 Å². The number of halogens is 4. The Morgan fingerprint density at radius 2 is 2.00 bits per heavy atom. The van der Waals surface area contributed by atoms with E-state index in [-0.39, 0.29) is 0 Å². The molecule has 0 atom stereocenters. The number of hydrogen-bond acceptors (Lipinski definition) is 2. The third-order valence-corrected chi connectivity index (χ3v) is 3.04. The van der Waals surface area contributed by atoms with Crippen LogP contribution in [0.2, 0.25) is 0 Å². The van der Waals surface area contributed by atoms with Crippen molar-refractivity contribution in [2.24, 2.45) is 0 Å². The fourth-order valence-electron chi connectivity index (χ4n) is 1.55. The van der Waals surface area contributed by atoms with Crippen molar-refractivity contribution in [1.29, 1.82) is 0 Å². The van der Waals surface area contributed by atoms with E-state index >= 15 is 0 Å². The Morgan fingerprint density at radius 1 is 1.35 bits per heavy atom. The first-order chi connectivity index (χ1) is 7.83. The van der Waals surface area contributed by atoms with Crippen LogP contribution in [0.1, 0.15) is 13.3 Å². The maximum absolute atomic E-state index is 12.5. The highest BCUT2D eigenvalue weighted by Crippen LogP contribution is 2.28. The van der Waals surface area contributed by atoms with E-state index in [1.165, 1.54) is 4.90 Å². The molecular weight excluding hydrogens is 344 g/mol. The number of nitrogens with two attached hydrogens (primary N) is 1. The average molecular weight is 358 g/mol. The Labute approximate surface area is 112 Å². The van der Waals surface area contributed by atoms with Crippen LogP contribution in [0.25, 0.3) is 0 Å². The van der Waals surface area contributed by atoms with Gasteiger partial charge < -0.3 is 10.6 Å². The van der Waals surface area contributed by atoms with Crippen LogP contribution in [0.4, 0.5) is 24.5 Å². The molecular formula is C11H14F3IN2. The molecule has 0 heterocycles. The summed E-state index contributed by atoms with van der Waals surface area (Å²) in [6.07, 6.45) is -3.53. The summed E-state index contributed by atoms with van der Waals surface area (Å²) in [4.78, 5) is 1.33. The number of nitrogen functional groups attached to an aromatic ring is 1. The highest BCUT2D eigenvalue weighted by atomic mass is 127. The van der Waals surface area contributed by atoms with Crippen LogP contribution in [0.15, 0.2) is 18.2 Å². The van der Waals surface area contributed by atoms with E-state index < -0.39 is 12.7 Å². The first-order valence-corrected chi connectivity index (χ1v) is 6.28. The Hall–Kier alpha value is -0.660. The monoisotopic (exact) mass is 358 g/mol. The molecule has 0 aromatic heterocycles. The first kappa shape index (κ1) is 14.4. The van der Waals surface area contributed by atoms with Crippen molar-refractivity contribution >= 4 is 34.0 Å². The van der Waals surface area contributed by atoms with Gasteiger partial charge in [0, 0.05) is 15.8 Å². The van der Waals surface area contributed by atoms with Crippen molar-refractivity contribution in [1.82, 2.24) is 0 Å². The third kappa shape index (κ3) is 4.61. The third-order valence-electron chi connectivity index (χ3n) is 2.18. The van der Waals surface area contributed by atoms with E-state index in [2.05, 4.69) is 0 Å². The molecule has 17 heavy (non-hydrogen) atoms. The van der Waals surface area contributed by atoms with Crippen molar-refractivity contribution in [3.63, 3.8) is 0 Å². The number of rotatable bonds is 4. The number of benzene rings is 1. The zero-order valence-electron chi connectivity index (χ0n) is 9.39. The molecule has 0 amide bonds. The van der Waals surface area contributed by atoms with Crippen molar-refractivity contribution in [2.75, 3.05) is 23.7 Å². The standard InChI is InChI=1S/C11H14F3IN2/c1-2-5-17(7-11(12,13)14)10-4-3-8(16)6-9(10)15/h3-4,6H,2,5,7,16H2,1H3. The predicted octanol–water partition coefficient (Wildman–Crippen LogP) is 3.65. The van der Waals surface area contributed by atoms with E-state index in [4.69, 9.17) is 5.73 Å². The van der Waals surface area contributed by atoms with Gasteiger partial charge in [-0.05, 0) is 47.2 Å². The van der Waals surface area contributed by atoms with Crippen LogP contribution in [-0.2, 0) is 0 Å². The zero-order valence-corrected chi connectivity index (χ0v) is 11.5. The molecule has 0 bridgehead atoms. The quantitative estimate of drug-likeness (QED) is 0.658. The molecule has 0 aliphatic carbocycles. The van der Waals surface area contributed by atoms with Crippen molar-refractivity contribution < 1.29 is 13.2 Å². The molecule has 0 radical (unpaired) electrons. The summed E-state index contributed by atoms with van der Waals surface area (Å²) < 4.78 is 38.1. The summed E-state index contributed by atoms with van der Waals surface area (Å²) in [6, 6.07) is 4.93. The van der Waals surface area contributed by atoms with Gasteiger partial charge in [0.2, 0.25) is 0 Å². The van der Waals surface area contributed by atoms with Crippen LogP contribution in [0.3, 0.4) is 0 Å². The minimum absolute atomic E-state index is 0.374. The molecule has 0 unspecified atom stereocenters. The smallest absolute Gasteiger partial charge is 0.399 e. The summed E-state index contributed by atoms with van der Waals surface area (Å²) in [5.74, 6) is 0. The van der Waals surface area contributed by atoms with Gasteiger partial charge in [-0.3, -0.25) is 0 Å². The Bertz CT molecular complexity index is 379. The molecule has 0 saturated carbocycles. The summed E-state index contributed by atoms with van der Waals surface area (Å²) in [6.45, 7) is 1.30. The van der Waals surface area contributed by atoms with E-state index in [1.54, 1.807) is 18.2 Å². The molecule has 6 heteroatoms. The van der Waals surface area contributed by atoms with Crippen LogP contribution < -0.4 is 10.6 Å². The molecule has 0 aliphatic rings. The molecule has 1 aromatic rings. The van der Waals surface area contributed by atoms with Gasteiger partial charge in [-0.2, -0.15) is 13.2 Å². The topological polar surface area (TPSA) is 29.3 Å². The second-order valence-corrected chi connectivity index (χ2v) is 4.91. The van der Waals surface area contributed by atoms with E-state index in [0.29, 0.717) is 24.3 Å². The lowest BCUT2D eigenvalue weighted by atomic mass is 10.2. The van der Waals surface area contributed by atoms with Crippen molar-refractivity contribution in [3.05, 3.63) is 21.8 Å². The van der Waals surface area contributed by atoms with E-state index in [1.807, 2.05) is 29.5 Å². The van der Waals surface area contributed by atoms with Crippen LogP contribution >= 0.6 is 22.6 Å². The van der Waals surface area contributed by atoms with E-state index in [9.17, 15) is 13.2 Å². The molecule has 1 rings (SSSR count). The van der Waals surface area contributed by atoms with Crippen LogP contribution in [0.5, 0.6) is 0 Å². The SMILES string of the molecule is CCCN(CC(F)(F)F)c1ccc(N)cc1I. The molecule has 2 N–H and O–H groups in total. The normalized spacial score (nSPS) is 11.6. The van der Waals surface area contributed by atoms with Gasteiger partial charge in [0.25, 0.3) is 0 Å². The maximum Gasteiger partial charge on any atom is 0.405 e. The molecule has 1 aromatic carbocycles. The lowest BCUT2D eigenvalue weighted by molar-refractivity contribution is -0.119. The molecule has 0 saturated heterocycles. The van der Waals surface area contributed by atoms with Gasteiger partial charge in [-0.25, -0.2) is 0 Å². The largest absolute Gasteiger partial charge is 0.405 e. The van der Waals surface area contributed by atoms with Gasteiger partial charge >= 0.3 is 6.18 Å². The number of hydrogen-bond donors (Lipinski definition) is 1. The van der Waals surface area contributed by atoms with Gasteiger partial charge in [0.05, 0.1) is 5.69 Å². The maximum atomic E-state index is 12.5. The molecule has 0 spiro atoms. The molecule has 2 nitrogen and oxygen atoms in total. The van der Waals surface area contributed by atoms with Gasteiger partial charge in [0.15, 0.2) is 0 Å². The summed E-state index contributed by atoms with van der Waals surface area (Å²) in [5, 5.41) is 0. The summed E-state index contributed by atoms with van der Waals surface area (Å²) >= 11 is 2.00. The predicted molar refractivity (Wildman–Crippen MR) is 72.1 cm³/mol. The Balaban J connectivity index is 2.97. The number of alkyl halides is 3. The molecule has 0 fully saturated rings. The van der Waals surface area contributed by atoms with Gasteiger partial charge in [-0.15, -0.1) is 0 Å². The highest BCUT2D eigenvalue weighted by Gasteiger charge is 2.31. The van der Waals surface area contributed by atoms with Crippen LogP contribution in [-0.4, -0.2) is 19.3 Å². The first-order valence-electron chi connectivity index (χ1n) is 5.20. The van der Waals surface area contributed by atoms with Crippen LogP contribution in [0, 0.1) is 3.57 Å². The minimum Gasteiger partial charge on any atom is -0.399 e. The van der Waals surface area contributed by atoms with Gasteiger partial charge in [-0.1, -0.05) is 6.92 Å². The fraction of sp³-hybridized carbons (Fsp3) is 0.455. The summed E-state index contributed by atoms with van der Waals surface area (Å²) in [5.41, 5.74) is 6.72. The van der Waals surface area contributed by atoms with Gasteiger partial charge in [0.1, 0.15) is 6.54 Å². The van der Waals surface area contributed by atoms with Crippen molar-refractivity contribution in [3.8, 4) is 0 Å². The Morgan fingerprint density at radius 3 is 2.47 bits per heavy atom. The minimum atomic E-state index is -4.19. The second kappa shape index (κ2) is 5.79. The fourth-order valence-corrected chi connectivity index (χ4v) is 2.43. The lowest BCUT2D eigenvalue weighted by Gasteiger charge is -2.26. The highest BCUT2D eigenvalue weighted by molar-refractivity contribution is 14.1. The zero-order chi connectivity index (χ0) is 13.1. The average Bonchev–Trinajstić information content (AvgIpc) is 2.14. The molecule has 0 aliphatic heterocycles. The van der Waals surface area contributed by atoms with Crippen molar-refractivity contribution in [2.45, 2.75) is 19.5 Å². The lowest BCUT2D eigenvalue weighted by Crippen LogP contribution is -2.35. The number of nitrogens with zero attached hydrogens (tertiary/aromatic N) is 1. The number of anilines is 2. The second-order valence-electron chi connectivity index (χ2n) is 3.75. The Kier molecular flexibility index (Phi) is 4.91. The molecule has 96 valence electrons. The summed E-state index contributed by atoms with van der Waals surface area (Å²) in [7, 11) is 0.